The van der Waals surface area contributed by atoms with E-state index in [1.54, 1.807) is 19.3 Å². The summed E-state index contributed by atoms with van der Waals surface area (Å²) in [6.45, 7) is 3.90. The van der Waals surface area contributed by atoms with E-state index in [-0.39, 0.29) is 11.6 Å². The maximum absolute atomic E-state index is 14.2. The zero-order valence-corrected chi connectivity index (χ0v) is 18.7. The highest BCUT2D eigenvalue weighted by Crippen LogP contribution is 2.37. The van der Waals surface area contributed by atoms with Gasteiger partial charge in [0, 0.05) is 43.4 Å². The van der Waals surface area contributed by atoms with Gasteiger partial charge in [0.1, 0.15) is 11.9 Å². The first kappa shape index (κ1) is 21.8. The van der Waals surface area contributed by atoms with E-state index in [1.807, 2.05) is 24.7 Å². The second-order valence-corrected chi connectivity index (χ2v) is 7.87. The van der Waals surface area contributed by atoms with Crippen molar-refractivity contribution in [2.75, 3.05) is 12.8 Å². The molecule has 0 saturated carbocycles. The van der Waals surface area contributed by atoms with Gasteiger partial charge in [-0.1, -0.05) is 13.0 Å². The van der Waals surface area contributed by atoms with Crippen LogP contribution in [0.5, 0.6) is 5.75 Å². The molecule has 0 fully saturated rings. The van der Waals surface area contributed by atoms with Crippen molar-refractivity contribution in [1.29, 1.82) is 0 Å². The summed E-state index contributed by atoms with van der Waals surface area (Å²) in [6.07, 6.45) is 2.40. The molecule has 3 heterocycles. The average Bonchev–Trinajstić information content (AvgIpc) is 3.09. The molecule has 0 saturated heterocycles. The molecule has 0 amide bonds. The number of ether oxygens (including phenoxy) is 1. The third-order valence-corrected chi connectivity index (χ3v) is 5.83. The largest absolute Gasteiger partial charge is 0.482 e. The molecule has 1 aromatic carbocycles. The Morgan fingerprint density at radius 3 is 2.81 bits per heavy atom. The van der Waals surface area contributed by atoms with Crippen LogP contribution in [0.2, 0.25) is 0 Å². The Kier molecular flexibility index (Phi) is 5.84. The summed E-state index contributed by atoms with van der Waals surface area (Å²) < 4.78 is 22.2. The minimum absolute atomic E-state index is 0.265. The van der Waals surface area contributed by atoms with Crippen molar-refractivity contribution in [2.24, 2.45) is 17.9 Å². The number of fused-ring (bicyclic) bond motifs is 5. The van der Waals surface area contributed by atoms with Crippen LogP contribution in [0.25, 0.3) is 11.1 Å². The van der Waals surface area contributed by atoms with Crippen molar-refractivity contribution < 1.29 is 9.13 Å². The second-order valence-electron chi connectivity index (χ2n) is 7.87. The number of benzene rings is 1. The first-order valence-electron chi connectivity index (χ1n) is 10.6. The molecular formula is C23H28FN7O. The lowest BCUT2D eigenvalue weighted by atomic mass is 9.91. The fraction of sp³-hybridized carbons (Fsp3) is 0.348. The lowest BCUT2D eigenvalue weighted by molar-refractivity contribution is 0.226. The van der Waals surface area contributed by atoms with Crippen LogP contribution in [0.15, 0.2) is 35.6 Å². The second kappa shape index (κ2) is 8.58. The van der Waals surface area contributed by atoms with E-state index in [4.69, 9.17) is 21.3 Å². The number of hydrogen-bond acceptors (Lipinski definition) is 7. The van der Waals surface area contributed by atoms with E-state index in [0.717, 1.165) is 34.5 Å². The van der Waals surface area contributed by atoms with Crippen molar-refractivity contribution >= 4 is 11.5 Å². The maximum atomic E-state index is 14.2. The van der Waals surface area contributed by atoms with Gasteiger partial charge in [-0.25, -0.2) is 9.37 Å². The Morgan fingerprint density at radius 2 is 2.09 bits per heavy atom. The molecule has 0 radical (unpaired) electrons. The Labute approximate surface area is 186 Å². The summed E-state index contributed by atoms with van der Waals surface area (Å²) in [6, 6.07) is 5.82. The molecule has 0 spiro atoms. The highest BCUT2D eigenvalue weighted by molar-refractivity contribution is 5.93. The summed E-state index contributed by atoms with van der Waals surface area (Å²) >= 11 is 0. The normalized spacial score (nSPS) is 19.4. The monoisotopic (exact) mass is 437 g/mol. The predicted octanol–water partition coefficient (Wildman–Crippen LogP) is 3.04. The molecule has 1 aliphatic rings. The summed E-state index contributed by atoms with van der Waals surface area (Å²) in [4.78, 5) is 4.36. The number of nitrogens with one attached hydrogen (secondary N) is 1. The van der Waals surface area contributed by atoms with Crippen molar-refractivity contribution in [3.8, 4) is 16.9 Å². The van der Waals surface area contributed by atoms with Gasteiger partial charge < -0.3 is 21.6 Å². The molecule has 1 aliphatic heterocycles. The van der Waals surface area contributed by atoms with Gasteiger partial charge >= 0.3 is 0 Å². The van der Waals surface area contributed by atoms with Crippen LogP contribution in [0.1, 0.15) is 48.5 Å². The average molecular weight is 438 g/mol. The number of anilines is 1. The number of hydrogen-bond donors (Lipinski definition) is 3. The molecule has 2 aromatic heterocycles. The Balaban J connectivity index is 2.01. The van der Waals surface area contributed by atoms with Crippen LogP contribution >= 0.6 is 0 Å². The minimum Gasteiger partial charge on any atom is -0.482 e. The Bertz CT molecular complexity index is 1190. The lowest BCUT2D eigenvalue weighted by Crippen LogP contribution is -2.28. The van der Waals surface area contributed by atoms with Crippen molar-refractivity contribution in [3.63, 3.8) is 0 Å². The molecule has 9 heteroatoms. The van der Waals surface area contributed by atoms with Gasteiger partial charge in [0.2, 0.25) is 0 Å². The van der Waals surface area contributed by atoms with Crippen LogP contribution in [0.4, 0.5) is 10.2 Å². The van der Waals surface area contributed by atoms with E-state index in [1.165, 1.54) is 12.1 Å². The summed E-state index contributed by atoms with van der Waals surface area (Å²) in [5, 5.41) is 9.21. The number of rotatable bonds is 2. The number of nitrogens with zero attached hydrogens (tertiary/aromatic N) is 4. The molecule has 2 atom stereocenters. The number of aromatic nitrogens is 3. The molecule has 0 aliphatic carbocycles. The van der Waals surface area contributed by atoms with E-state index in [9.17, 15) is 4.39 Å². The number of nitrogen functional groups attached to an aromatic ring is 1. The fourth-order valence-corrected chi connectivity index (χ4v) is 4.24. The molecule has 4 rings (SSSR count). The van der Waals surface area contributed by atoms with E-state index in [2.05, 4.69) is 22.4 Å². The summed E-state index contributed by atoms with van der Waals surface area (Å²) in [7, 11) is 3.63. The third kappa shape index (κ3) is 3.80. The first-order chi connectivity index (χ1) is 15.3. The zero-order chi connectivity index (χ0) is 23.0. The highest BCUT2D eigenvalue weighted by Gasteiger charge is 2.27. The maximum Gasteiger partial charge on any atom is 0.166 e. The van der Waals surface area contributed by atoms with Crippen LogP contribution in [-0.4, -0.2) is 27.5 Å². The quantitative estimate of drug-likeness (QED) is 0.531. The van der Waals surface area contributed by atoms with Gasteiger partial charge in [-0.05, 0) is 37.1 Å². The van der Waals surface area contributed by atoms with Gasteiger partial charge in [0.15, 0.2) is 11.6 Å². The molecule has 168 valence electrons. The van der Waals surface area contributed by atoms with Gasteiger partial charge in [-0.15, -0.1) is 0 Å². The van der Waals surface area contributed by atoms with Crippen molar-refractivity contribution in [2.45, 2.75) is 38.8 Å². The molecule has 2 bridgehead atoms. The Hall–Kier alpha value is -3.46. The molecule has 1 unspecified atom stereocenters. The fourth-order valence-electron chi connectivity index (χ4n) is 4.24. The standard InChI is InChI=1S/C23H28FN7O/c1-5-17-21-13-8-20(23(26)28-11-13)32-12(2)16-9-14(24)6-7-15(16)22(25)18(29-27-3)10-19(21)31(4)30-17/h6-9,11-12,22,27H,5,10,25H2,1-4H3,(H2,26,28)/b29-18-/t12-,22?/m1/s1. The van der Waals surface area contributed by atoms with Gasteiger partial charge in [-0.3, -0.25) is 4.68 Å². The minimum atomic E-state index is -0.579. The van der Waals surface area contributed by atoms with Crippen molar-refractivity contribution in [3.05, 3.63) is 58.8 Å². The first-order valence-corrected chi connectivity index (χ1v) is 10.6. The summed E-state index contributed by atoms with van der Waals surface area (Å²) in [5.41, 5.74) is 21.4. The predicted molar refractivity (Wildman–Crippen MR) is 123 cm³/mol. The van der Waals surface area contributed by atoms with Crippen LogP contribution in [0, 0.1) is 5.82 Å². The number of nitrogens with two attached hydrogens (primary N) is 2. The van der Waals surface area contributed by atoms with Gasteiger partial charge in [0.25, 0.3) is 0 Å². The lowest BCUT2D eigenvalue weighted by Gasteiger charge is -2.24. The SMILES string of the molecule is CCc1nn(C)c2c1-c1cnc(N)c(c1)O[C@H](C)c1cc(F)ccc1C(N)/C(=N\NC)C2. The third-order valence-electron chi connectivity index (χ3n) is 5.83. The van der Waals surface area contributed by atoms with Crippen LogP contribution in [-0.2, 0) is 19.9 Å². The van der Waals surface area contributed by atoms with Gasteiger partial charge in [-0.2, -0.15) is 10.2 Å². The zero-order valence-electron chi connectivity index (χ0n) is 18.7. The molecule has 8 nitrogen and oxygen atoms in total. The van der Waals surface area contributed by atoms with Crippen LogP contribution in [0.3, 0.4) is 0 Å². The number of aryl methyl sites for hydroxylation is 2. The van der Waals surface area contributed by atoms with E-state index < -0.39 is 12.1 Å². The van der Waals surface area contributed by atoms with Gasteiger partial charge in [0.05, 0.1) is 23.1 Å². The molecular weight excluding hydrogens is 409 g/mol. The summed E-state index contributed by atoms with van der Waals surface area (Å²) in [5.74, 6) is 0.327. The number of pyridine rings is 1. The smallest absolute Gasteiger partial charge is 0.166 e. The Morgan fingerprint density at radius 1 is 1.31 bits per heavy atom. The van der Waals surface area contributed by atoms with E-state index in [0.29, 0.717) is 23.4 Å². The number of halogens is 1. The highest BCUT2D eigenvalue weighted by atomic mass is 19.1. The van der Waals surface area contributed by atoms with Crippen molar-refractivity contribution in [1.82, 2.24) is 20.2 Å². The molecule has 32 heavy (non-hydrogen) atoms. The number of hydrazone groups is 1. The molecule has 3 aromatic rings. The van der Waals surface area contributed by atoms with E-state index >= 15 is 0 Å². The topological polar surface area (TPSA) is 116 Å². The van der Waals surface area contributed by atoms with Crippen LogP contribution < -0.4 is 21.6 Å². The molecule has 5 N–H and O–H groups in total.